The molecule has 7 nitrogen and oxygen atoms in total. The smallest absolute Gasteiger partial charge is 0.335 e. The minimum Gasteiger partial charge on any atom is -0.493 e. The van der Waals surface area contributed by atoms with E-state index < -0.39 is 5.97 Å². The van der Waals surface area contributed by atoms with Gasteiger partial charge in [-0.15, -0.1) is 10.2 Å². The molecule has 0 aliphatic heterocycles. The Labute approximate surface area is 258 Å². The topological polar surface area (TPSA) is 101 Å². The molecular formula is C37H38N4O3. The maximum atomic E-state index is 11.3. The van der Waals surface area contributed by atoms with Crippen molar-refractivity contribution in [1.82, 2.24) is 20.6 Å². The number of para-hydroxylation sites is 1. The molecule has 0 fully saturated rings. The summed E-state index contributed by atoms with van der Waals surface area (Å²) in [4.78, 5) is 11.3. The lowest BCUT2D eigenvalue weighted by Crippen LogP contribution is -2.04. The van der Waals surface area contributed by atoms with Gasteiger partial charge in [0.05, 0.1) is 12.2 Å². The highest BCUT2D eigenvalue weighted by molar-refractivity contribution is 5.87. The molecule has 0 radical (unpaired) electrons. The molecule has 0 aliphatic carbocycles. The largest absolute Gasteiger partial charge is 0.493 e. The van der Waals surface area contributed by atoms with Crippen molar-refractivity contribution < 1.29 is 14.6 Å². The Kier molecular flexibility index (Phi) is 11.0. The maximum Gasteiger partial charge on any atom is 0.335 e. The first-order valence-electron chi connectivity index (χ1n) is 15.2. The quantitative estimate of drug-likeness (QED) is 0.114. The molecule has 224 valence electrons. The molecule has 1 aromatic heterocycles. The first kappa shape index (κ1) is 30.4. The van der Waals surface area contributed by atoms with Gasteiger partial charge in [0, 0.05) is 11.1 Å². The van der Waals surface area contributed by atoms with Gasteiger partial charge < -0.3 is 9.84 Å². The molecule has 5 rings (SSSR count). The van der Waals surface area contributed by atoms with E-state index in [1.807, 2.05) is 42.5 Å². The molecule has 7 heteroatoms. The number of carbonyl (C=O) groups is 1. The average molecular weight is 587 g/mol. The third-order valence-electron chi connectivity index (χ3n) is 7.74. The Hall–Kier alpha value is -5.04. The minimum atomic E-state index is -0.908. The second-order valence-corrected chi connectivity index (χ2v) is 11.0. The Morgan fingerprint density at radius 2 is 1.52 bits per heavy atom. The van der Waals surface area contributed by atoms with Gasteiger partial charge in [0.15, 0.2) is 0 Å². The number of rotatable bonds is 16. The van der Waals surface area contributed by atoms with Gasteiger partial charge in [0.1, 0.15) is 5.75 Å². The van der Waals surface area contributed by atoms with Crippen molar-refractivity contribution in [3.05, 3.63) is 137 Å². The number of H-pyrrole nitrogens is 1. The Bertz CT molecular complexity index is 1600. The van der Waals surface area contributed by atoms with Crippen LogP contribution >= 0.6 is 0 Å². The minimum absolute atomic E-state index is 0.260. The summed E-state index contributed by atoms with van der Waals surface area (Å²) in [5.41, 5.74) is 6.02. The summed E-state index contributed by atoms with van der Waals surface area (Å²) in [5.74, 6) is 0.829. The zero-order chi connectivity index (χ0) is 30.4. The van der Waals surface area contributed by atoms with Crippen LogP contribution < -0.4 is 4.74 Å². The number of aromatic amines is 1. The van der Waals surface area contributed by atoms with Crippen LogP contribution in [0.1, 0.15) is 58.3 Å². The van der Waals surface area contributed by atoms with Gasteiger partial charge in [-0.1, -0.05) is 97.1 Å². The second-order valence-electron chi connectivity index (χ2n) is 11.0. The van der Waals surface area contributed by atoms with Crippen molar-refractivity contribution in [3.8, 4) is 17.1 Å². The molecular weight excluding hydrogens is 548 g/mol. The average Bonchev–Trinajstić information content (AvgIpc) is 3.61. The Balaban J connectivity index is 1.21. The molecule has 0 saturated carbocycles. The van der Waals surface area contributed by atoms with Crippen LogP contribution in [0.25, 0.3) is 17.5 Å². The number of benzene rings is 4. The summed E-state index contributed by atoms with van der Waals surface area (Å²) in [6.45, 7) is 0.697. The SMILES string of the molecule is O=C(O)c1ccc(CCC(C=Cc2ccccc2OCCCCCc2ccccc2)Cc2ccc(-c3nn[nH]n3)cc2)cc1. The first-order chi connectivity index (χ1) is 21.6. The molecule has 0 amide bonds. The molecule has 2 N–H and O–H groups in total. The van der Waals surface area contributed by atoms with Crippen molar-refractivity contribution in [2.75, 3.05) is 6.61 Å². The highest BCUT2D eigenvalue weighted by Crippen LogP contribution is 2.25. The highest BCUT2D eigenvalue weighted by atomic mass is 16.5. The van der Waals surface area contributed by atoms with E-state index in [4.69, 9.17) is 4.74 Å². The van der Waals surface area contributed by atoms with E-state index in [1.165, 1.54) is 11.1 Å². The number of carboxylic acids is 1. The van der Waals surface area contributed by atoms with Crippen molar-refractivity contribution >= 4 is 12.0 Å². The van der Waals surface area contributed by atoms with Gasteiger partial charge in [-0.25, -0.2) is 4.79 Å². The number of aromatic nitrogens is 4. The number of carboxylic acid groups (broad SMARTS) is 1. The van der Waals surface area contributed by atoms with Crippen LogP contribution in [-0.4, -0.2) is 38.3 Å². The van der Waals surface area contributed by atoms with Crippen LogP contribution in [0.4, 0.5) is 0 Å². The number of tetrazole rings is 1. The first-order valence-corrected chi connectivity index (χ1v) is 15.2. The number of allylic oxidation sites excluding steroid dienone is 1. The zero-order valence-corrected chi connectivity index (χ0v) is 24.8. The fourth-order valence-corrected chi connectivity index (χ4v) is 5.23. The molecule has 5 aromatic rings. The standard InChI is InChI=1S/C37H38N4O3/c42-37(43)34-24-16-29(17-25-34)14-15-30(27-31-19-22-33(23-20-31)36-38-40-41-39-36)18-21-32-12-6-7-13-35(32)44-26-8-2-5-11-28-9-3-1-4-10-28/h1,3-4,6-7,9-10,12-13,16-25,30H,2,5,8,11,14-15,26-27H2,(H,42,43)(H,38,39,40,41). The Morgan fingerprint density at radius 1 is 0.795 bits per heavy atom. The lowest BCUT2D eigenvalue weighted by atomic mass is 9.91. The molecule has 0 bridgehead atoms. The fourth-order valence-electron chi connectivity index (χ4n) is 5.23. The lowest BCUT2D eigenvalue weighted by molar-refractivity contribution is 0.0697. The van der Waals surface area contributed by atoms with Gasteiger partial charge in [-0.05, 0) is 91.0 Å². The van der Waals surface area contributed by atoms with Crippen LogP contribution in [-0.2, 0) is 19.3 Å². The maximum absolute atomic E-state index is 11.3. The number of hydrogen-bond acceptors (Lipinski definition) is 5. The summed E-state index contributed by atoms with van der Waals surface area (Å²) in [6, 6.07) is 34.3. The molecule has 0 spiro atoms. The van der Waals surface area contributed by atoms with Gasteiger partial charge >= 0.3 is 5.97 Å². The molecule has 44 heavy (non-hydrogen) atoms. The van der Waals surface area contributed by atoms with Gasteiger partial charge in [0.25, 0.3) is 0 Å². The van der Waals surface area contributed by atoms with Crippen LogP contribution in [0, 0.1) is 5.92 Å². The third-order valence-corrected chi connectivity index (χ3v) is 7.74. The Morgan fingerprint density at radius 3 is 2.27 bits per heavy atom. The van der Waals surface area contributed by atoms with Crippen molar-refractivity contribution in [3.63, 3.8) is 0 Å². The number of hydrogen-bond donors (Lipinski definition) is 2. The number of aryl methyl sites for hydroxylation is 2. The summed E-state index contributed by atoms with van der Waals surface area (Å²) < 4.78 is 6.23. The molecule has 1 atom stereocenters. The fraction of sp³-hybridized carbons (Fsp3) is 0.243. The number of ether oxygens (including phenoxy) is 1. The van der Waals surface area contributed by atoms with Crippen molar-refractivity contribution in [2.45, 2.75) is 44.9 Å². The molecule has 0 aliphatic rings. The number of nitrogens with one attached hydrogen (secondary N) is 1. The van der Waals surface area contributed by atoms with E-state index in [9.17, 15) is 9.90 Å². The van der Waals surface area contributed by atoms with Gasteiger partial charge in [-0.3, -0.25) is 0 Å². The van der Waals surface area contributed by atoms with Crippen LogP contribution in [0.3, 0.4) is 0 Å². The number of nitrogens with zero attached hydrogens (tertiary/aromatic N) is 3. The van der Waals surface area contributed by atoms with E-state index in [0.29, 0.717) is 18.0 Å². The number of unbranched alkanes of at least 4 members (excludes halogenated alkanes) is 2. The normalized spacial score (nSPS) is 11.9. The summed E-state index contributed by atoms with van der Waals surface area (Å²) in [7, 11) is 0. The van der Waals surface area contributed by atoms with E-state index in [1.54, 1.807) is 12.1 Å². The van der Waals surface area contributed by atoms with Gasteiger partial charge in [-0.2, -0.15) is 5.21 Å². The second kappa shape index (κ2) is 16.0. The zero-order valence-electron chi connectivity index (χ0n) is 24.8. The molecule has 0 saturated heterocycles. The summed E-state index contributed by atoms with van der Waals surface area (Å²) in [5, 5.41) is 23.5. The molecule has 1 heterocycles. The lowest BCUT2D eigenvalue weighted by Gasteiger charge is -2.15. The van der Waals surface area contributed by atoms with E-state index in [2.05, 4.69) is 81.3 Å². The van der Waals surface area contributed by atoms with Crippen molar-refractivity contribution in [2.24, 2.45) is 5.92 Å². The number of aromatic carboxylic acids is 1. The van der Waals surface area contributed by atoms with Crippen LogP contribution in [0.5, 0.6) is 5.75 Å². The summed E-state index contributed by atoms with van der Waals surface area (Å²) >= 11 is 0. The predicted molar refractivity (Wildman–Crippen MR) is 173 cm³/mol. The van der Waals surface area contributed by atoms with Crippen LogP contribution in [0.2, 0.25) is 0 Å². The monoisotopic (exact) mass is 586 g/mol. The van der Waals surface area contributed by atoms with Gasteiger partial charge in [0.2, 0.25) is 5.82 Å². The molecule has 4 aromatic carbocycles. The van der Waals surface area contributed by atoms with Crippen LogP contribution in [0.15, 0.2) is 109 Å². The van der Waals surface area contributed by atoms with E-state index in [-0.39, 0.29) is 5.92 Å². The van der Waals surface area contributed by atoms with E-state index >= 15 is 0 Å². The summed E-state index contributed by atoms with van der Waals surface area (Å²) in [6.07, 6.45) is 11.5. The van der Waals surface area contributed by atoms with Crippen molar-refractivity contribution in [1.29, 1.82) is 0 Å². The highest BCUT2D eigenvalue weighted by Gasteiger charge is 2.11. The van der Waals surface area contributed by atoms with E-state index in [0.717, 1.165) is 67.4 Å². The third kappa shape index (κ3) is 9.23. The molecule has 1 unspecified atom stereocenters. The predicted octanol–water partition coefficient (Wildman–Crippen LogP) is 7.86.